The molecule has 3 rings (SSSR count). The lowest BCUT2D eigenvalue weighted by molar-refractivity contribution is 0.215. The number of sulfone groups is 1. The van der Waals surface area contributed by atoms with E-state index in [1.807, 2.05) is 0 Å². The summed E-state index contributed by atoms with van der Waals surface area (Å²) in [4.78, 5) is -0.0752. The number of ether oxygens (including phenoxy) is 1. The molecule has 0 amide bonds. The molecular formula is C19H19ClF2O6S3. The third-order valence-corrected chi connectivity index (χ3v) is 8.77. The van der Waals surface area contributed by atoms with E-state index in [0.29, 0.717) is 5.02 Å². The van der Waals surface area contributed by atoms with Gasteiger partial charge in [0.05, 0.1) is 29.9 Å². The molecule has 2 atom stereocenters. The number of hydrogen-bond donors (Lipinski definition) is 0. The van der Waals surface area contributed by atoms with Crippen molar-refractivity contribution in [3.8, 4) is 5.75 Å². The van der Waals surface area contributed by atoms with Gasteiger partial charge in [-0.1, -0.05) is 11.6 Å². The molecular weight excluding hydrogens is 494 g/mol. The minimum absolute atomic E-state index is 0.0752. The second-order valence-corrected chi connectivity index (χ2v) is 12.2. The SMILES string of the molecule is CS(=O)(=O)OCCSCC1COc2c(F)ccc(F)c2C1S(=O)(=O)c1ccc(Cl)cc1. The van der Waals surface area contributed by atoms with Gasteiger partial charge >= 0.3 is 0 Å². The number of benzene rings is 2. The lowest BCUT2D eigenvalue weighted by Gasteiger charge is -2.33. The van der Waals surface area contributed by atoms with Gasteiger partial charge in [0.2, 0.25) is 0 Å². The molecule has 2 aromatic carbocycles. The van der Waals surface area contributed by atoms with Crippen LogP contribution in [0.2, 0.25) is 5.02 Å². The second-order valence-electron chi connectivity index (χ2n) is 6.86. The van der Waals surface area contributed by atoms with Gasteiger partial charge < -0.3 is 4.74 Å². The van der Waals surface area contributed by atoms with Gasteiger partial charge in [0, 0.05) is 22.4 Å². The smallest absolute Gasteiger partial charge is 0.264 e. The van der Waals surface area contributed by atoms with E-state index in [-0.39, 0.29) is 35.2 Å². The third kappa shape index (κ3) is 5.70. The van der Waals surface area contributed by atoms with Crippen LogP contribution in [0, 0.1) is 17.6 Å². The molecule has 0 saturated carbocycles. The quantitative estimate of drug-likeness (QED) is 0.392. The minimum atomic E-state index is -4.13. The van der Waals surface area contributed by atoms with Crippen molar-refractivity contribution >= 4 is 43.3 Å². The number of thioether (sulfide) groups is 1. The molecule has 0 fully saturated rings. The van der Waals surface area contributed by atoms with Crippen LogP contribution >= 0.6 is 23.4 Å². The average Bonchev–Trinajstić information content (AvgIpc) is 2.69. The van der Waals surface area contributed by atoms with Gasteiger partial charge in [0.15, 0.2) is 21.4 Å². The second kappa shape index (κ2) is 9.62. The highest BCUT2D eigenvalue weighted by Gasteiger charge is 2.44. The van der Waals surface area contributed by atoms with E-state index in [2.05, 4.69) is 4.18 Å². The Morgan fingerprint density at radius 1 is 1.10 bits per heavy atom. The van der Waals surface area contributed by atoms with Crippen molar-refractivity contribution < 1.29 is 34.5 Å². The van der Waals surface area contributed by atoms with E-state index in [9.17, 15) is 25.6 Å². The van der Waals surface area contributed by atoms with Crippen LogP contribution in [0.1, 0.15) is 10.8 Å². The summed E-state index contributed by atoms with van der Waals surface area (Å²) >= 11 is 7.08. The van der Waals surface area contributed by atoms with Gasteiger partial charge in [-0.2, -0.15) is 20.2 Å². The minimum Gasteiger partial charge on any atom is -0.490 e. The number of halogens is 3. The molecule has 1 aliphatic rings. The number of hydrogen-bond acceptors (Lipinski definition) is 7. The molecule has 0 spiro atoms. The highest BCUT2D eigenvalue weighted by atomic mass is 35.5. The van der Waals surface area contributed by atoms with E-state index in [0.717, 1.165) is 18.4 Å². The zero-order chi connectivity index (χ0) is 22.8. The van der Waals surface area contributed by atoms with Crippen LogP contribution in [-0.4, -0.2) is 47.8 Å². The Hall–Kier alpha value is -1.40. The standard InChI is InChI=1S/C19H19ClF2O6S3/c1-30(23,24)28-8-9-29-11-12-10-27-18-16(22)7-6-15(21)17(18)19(12)31(25,26)14-4-2-13(20)3-5-14/h2-7,12,19H,8-11H2,1H3. The lowest BCUT2D eigenvalue weighted by atomic mass is 9.96. The summed E-state index contributed by atoms with van der Waals surface area (Å²) in [5.41, 5.74) is -0.348. The summed E-state index contributed by atoms with van der Waals surface area (Å²) in [6, 6.07) is 7.20. The Balaban J connectivity index is 1.93. The summed E-state index contributed by atoms with van der Waals surface area (Å²) in [7, 11) is -7.72. The molecule has 0 aromatic heterocycles. The largest absolute Gasteiger partial charge is 0.490 e. The molecule has 31 heavy (non-hydrogen) atoms. The number of fused-ring (bicyclic) bond motifs is 1. The fourth-order valence-corrected chi connectivity index (χ4v) is 6.99. The Kier molecular flexibility index (Phi) is 7.52. The van der Waals surface area contributed by atoms with Crippen molar-refractivity contribution in [2.75, 3.05) is 31.0 Å². The van der Waals surface area contributed by atoms with E-state index in [4.69, 9.17) is 16.3 Å². The van der Waals surface area contributed by atoms with Gasteiger partial charge in [-0.3, -0.25) is 4.18 Å². The van der Waals surface area contributed by atoms with E-state index >= 15 is 0 Å². The van der Waals surface area contributed by atoms with Crippen LogP contribution in [-0.2, 0) is 24.1 Å². The first-order chi connectivity index (χ1) is 14.5. The molecule has 12 heteroatoms. The summed E-state index contributed by atoms with van der Waals surface area (Å²) in [6.07, 6.45) is 0.926. The van der Waals surface area contributed by atoms with Crippen LogP contribution in [0.3, 0.4) is 0 Å². The Labute approximate surface area is 188 Å². The molecule has 0 saturated heterocycles. The van der Waals surface area contributed by atoms with Gasteiger partial charge in [-0.15, -0.1) is 0 Å². The van der Waals surface area contributed by atoms with Crippen LogP contribution in [0.15, 0.2) is 41.3 Å². The molecule has 0 radical (unpaired) electrons. The zero-order valence-electron chi connectivity index (χ0n) is 16.3. The van der Waals surface area contributed by atoms with Crippen molar-refractivity contribution in [2.45, 2.75) is 10.1 Å². The van der Waals surface area contributed by atoms with Crippen LogP contribution in [0.4, 0.5) is 8.78 Å². The highest BCUT2D eigenvalue weighted by Crippen LogP contribution is 2.46. The van der Waals surface area contributed by atoms with Crippen molar-refractivity contribution in [2.24, 2.45) is 5.92 Å². The van der Waals surface area contributed by atoms with Crippen molar-refractivity contribution in [1.82, 2.24) is 0 Å². The van der Waals surface area contributed by atoms with Gasteiger partial charge in [-0.25, -0.2) is 17.2 Å². The Morgan fingerprint density at radius 3 is 2.39 bits per heavy atom. The van der Waals surface area contributed by atoms with Crippen molar-refractivity contribution in [3.05, 3.63) is 58.6 Å². The summed E-state index contributed by atoms with van der Waals surface area (Å²) < 4.78 is 88.1. The van der Waals surface area contributed by atoms with Gasteiger partial charge in [0.25, 0.3) is 10.1 Å². The van der Waals surface area contributed by atoms with Crippen molar-refractivity contribution in [3.63, 3.8) is 0 Å². The van der Waals surface area contributed by atoms with Crippen LogP contribution < -0.4 is 4.74 Å². The molecule has 6 nitrogen and oxygen atoms in total. The Bertz CT molecular complexity index is 1150. The molecule has 2 aromatic rings. The fourth-order valence-electron chi connectivity index (χ4n) is 3.27. The maximum atomic E-state index is 14.7. The van der Waals surface area contributed by atoms with E-state index in [1.165, 1.54) is 36.0 Å². The first-order valence-corrected chi connectivity index (χ1v) is 13.9. The van der Waals surface area contributed by atoms with Gasteiger partial charge in [-0.05, 0) is 36.4 Å². The predicted molar refractivity (Wildman–Crippen MR) is 115 cm³/mol. The maximum Gasteiger partial charge on any atom is 0.264 e. The molecule has 0 bridgehead atoms. The maximum absolute atomic E-state index is 14.7. The van der Waals surface area contributed by atoms with Crippen LogP contribution in [0.5, 0.6) is 5.75 Å². The highest BCUT2D eigenvalue weighted by molar-refractivity contribution is 7.99. The first kappa shape index (κ1) is 24.2. The predicted octanol–water partition coefficient (Wildman–Crippen LogP) is 3.85. The van der Waals surface area contributed by atoms with E-state index < -0.39 is 48.5 Å². The summed E-state index contributed by atoms with van der Waals surface area (Å²) in [6.45, 7) is -0.240. The molecule has 2 unspecified atom stereocenters. The topological polar surface area (TPSA) is 86.7 Å². The summed E-state index contributed by atoms with van der Waals surface area (Å²) in [5.74, 6) is -2.40. The van der Waals surface area contributed by atoms with Crippen molar-refractivity contribution in [1.29, 1.82) is 0 Å². The summed E-state index contributed by atoms with van der Waals surface area (Å²) in [5, 5.41) is -1.06. The lowest BCUT2D eigenvalue weighted by Crippen LogP contribution is -2.34. The first-order valence-electron chi connectivity index (χ1n) is 9.03. The monoisotopic (exact) mass is 512 g/mol. The molecule has 0 aliphatic carbocycles. The molecule has 1 heterocycles. The third-order valence-electron chi connectivity index (χ3n) is 4.58. The molecule has 170 valence electrons. The Morgan fingerprint density at radius 2 is 1.74 bits per heavy atom. The average molecular weight is 513 g/mol. The fraction of sp³-hybridized carbons (Fsp3) is 0.368. The molecule has 0 N–H and O–H groups in total. The normalized spacial score (nSPS) is 19.0. The van der Waals surface area contributed by atoms with Gasteiger partial charge in [0.1, 0.15) is 11.1 Å². The number of rotatable bonds is 8. The van der Waals surface area contributed by atoms with E-state index in [1.54, 1.807) is 0 Å². The molecule has 1 aliphatic heterocycles. The zero-order valence-corrected chi connectivity index (χ0v) is 19.5. The van der Waals surface area contributed by atoms with Crippen LogP contribution in [0.25, 0.3) is 0 Å².